The Hall–Kier alpha value is -0.120. The zero-order chi connectivity index (χ0) is 8.53. The average Bonchev–Trinajstić information content (AvgIpc) is 2.08. The zero-order valence-corrected chi connectivity index (χ0v) is 7.12. The third kappa shape index (κ3) is 7.98. The molecule has 0 aliphatic carbocycles. The largest absolute Gasteiger partial charge is 0.397 e. The van der Waals surface area contributed by atoms with Crippen LogP contribution in [0, 0.1) is 0 Å². The quantitative estimate of drug-likeness (QED) is 0.634. The van der Waals surface area contributed by atoms with E-state index >= 15 is 0 Å². The predicted molar refractivity (Wildman–Crippen MR) is 50.2 cm³/mol. The van der Waals surface area contributed by atoms with E-state index in [-0.39, 0.29) is 26.7 Å². The van der Waals surface area contributed by atoms with Gasteiger partial charge in [-0.25, -0.2) is 0 Å². The number of rotatable bonds is 1. The monoisotopic (exact) mass is 178 g/mol. The van der Waals surface area contributed by atoms with E-state index in [0.29, 0.717) is 0 Å². The number of aliphatic hydroxyl groups excluding tert-OH is 2. The summed E-state index contributed by atoms with van der Waals surface area (Å²) < 4.78 is 5.18. The van der Waals surface area contributed by atoms with Gasteiger partial charge in [0.1, 0.15) is 0 Å². The van der Waals surface area contributed by atoms with Crippen LogP contribution >= 0.6 is 0 Å². The molecule has 12 heavy (non-hydrogen) atoms. The van der Waals surface area contributed by atoms with Crippen LogP contribution in [0.3, 0.4) is 0 Å². The molecule has 3 heteroatoms. The van der Waals surface area contributed by atoms with Crippen molar-refractivity contribution >= 4 is 0 Å². The summed E-state index contributed by atoms with van der Waals surface area (Å²) in [7, 11) is 0. The summed E-state index contributed by atoms with van der Waals surface area (Å²) in [6, 6.07) is 0. The third-order valence-electron chi connectivity index (χ3n) is 1.48. The maximum Gasteiger partial charge on any atom is 0.0805 e. The third-order valence-corrected chi connectivity index (χ3v) is 1.48. The summed E-state index contributed by atoms with van der Waals surface area (Å²) in [6.45, 7) is 2.96. The molecule has 0 aromatic heterocycles. The highest BCUT2D eigenvalue weighted by molar-refractivity contribution is 4.60. The van der Waals surface area contributed by atoms with Gasteiger partial charge in [-0.15, -0.1) is 0 Å². The highest BCUT2D eigenvalue weighted by Crippen LogP contribution is 2.10. The molecule has 0 radical (unpaired) electrons. The Morgan fingerprint density at radius 3 is 2.17 bits per heavy atom. The Morgan fingerprint density at radius 2 is 1.92 bits per heavy atom. The van der Waals surface area contributed by atoms with E-state index in [9.17, 15) is 0 Å². The number of hydrogen-bond acceptors (Lipinski definition) is 3. The van der Waals surface area contributed by atoms with Crippen LogP contribution in [0.1, 0.15) is 33.6 Å². The van der Waals surface area contributed by atoms with Gasteiger partial charge in [-0.05, 0) is 26.2 Å². The average molecular weight is 178 g/mol. The van der Waals surface area contributed by atoms with E-state index in [1.165, 1.54) is 6.42 Å². The van der Waals surface area contributed by atoms with Crippen molar-refractivity contribution in [2.75, 3.05) is 19.8 Å². The van der Waals surface area contributed by atoms with Crippen molar-refractivity contribution in [2.45, 2.75) is 39.7 Å². The number of aliphatic hydroxyl groups is 2. The Labute approximate surface area is 75.4 Å². The van der Waals surface area contributed by atoms with Gasteiger partial charge >= 0.3 is 0 Å². The molecule has 2 N–H and O–H groups in total. The van der Waals surface area contributed by atoms with Gasteiger partial charge in [0, 0.05) is 13.2 Å². The van der Waals surface area contributed by atoms with Crippen LogP contribution in [0.2, 0.25) is 0 Å². The van der Waals surface area contributed by atoms with Crippen molar-refractivity contribution in [3.05, 3.63) is 0 Å². The lowest BCUT2D eigenvalue weighted by Crippen LogP contribution is -2.22. The highest BCUT2D eigenvalue weighted by Gasteiger charge is 2.10. The van der Waals surface area contributed by atoms with Gasteiger partial charge in [-0.3, -0.25) is 0 Å². The SMILES string of the molecule is C.CCO.OC[C@@H]1CCCCO1. The molecule has 1 aliphatic heterocycles. The van der Waals surface area contributed by atoms with E-state index in [4.69, 9.17) is 14.9 Å². The van der Waals surface area contributed by atoms with Gasteiger partial charge < -0.3 is 14.9 Å². The molecule has 76 valence electrons. The Kier molecular flexibility index (Phi) is 13.1. The first-order valence-corrected chi connectivity index (χ1v) is 4.18. The van der Waals surface area contributed by atoms with Crippen LogP contribution in [-0.4, -0.2) is 36.1 Å². The molecule has 3 nitrogen and oxygen atoms in total. The molecule has 0 unspecified atom stereocenters. The van der Waals surface area contributed by atoms with Gasteiger partial charge in [0.15, 0.2) is 0 Å². The molecule has 0 spiro atoms. The fourth-order valence-electron chi connectivity index (χ4n) is 0.951. The van der Waals surface area contributed by atoms with E-state index in [0.717, 1.165) is 19.4 Å². The van der Waals surface area contributed by atoms with Crippen LogP contribution < -0.4 is 0 Å². The molecule has 1 aliphatic rings. The Balaban J connectivity index is 0. The topological polar surface area (TPSA) is 49.7 Å². The zero-order valence-electron chi connectivity index (χ0n) is 7.12. The predicted octanol–water partition coefficient (Wildman–Crippen LogP) is 1.18. The van der Waals surface area contributed by atoms with E-state index in [1.54, 1.807) is 6.92 Å². The number of hydrogen-bond donors (Lipinski definition) is 2. The molecular weight excluding hydrogens is 156 g/mol. The van der Waals surface area contributed by atoms with Crippen LogP contribution in [0.5, 0.6) is 0 Å². The molecule has 1 rings (SSSR count). The summed E-state index contributed by atoms with van der Waals surface area (Å²) >= 11 is 0. The first-order chi connectivity index (χ1) is 5.35. The number of ether oxygens (including phenoxy) is 1. The fraction of sp³-hybridized carbons (Fsp3) is 1.00. The Bertz CT molecular complexity index is 70.2. The lowest BCUT2D eigenvalue weighted by Gasteiger charge is -2.19. The van der Waals surface area contributed by atoms with Crippen molar-refractivity contribution in [3.63, 3.8) is 0 Å². The van der Waals surface area contributed by atoms with E-state index < -0.39 is 0 Å². The minimum atomic E-state index is 0. The molecule has 1 saturated heterocycles. The van der Waals surface area contributed by atoms with E-state index in [2.05, 4.69) is 0 Å². The summed E-state index contributed by atoms with van der Waals surface area (Å²) in [5.74, 6) is 0. The minimum absolute atomic E-state index is 0. The second kappa shape index (κ2) is 10.9. The van der Waals surface area contributed by atoms with E-state index in [1.807, 2.05) is 0 Å². The van der Waals surface area contributed by atoms with Gasteiger partial charge in [0.05, 0.1) is 12.7 Å². The lowest BCUT2D eigenvalue weighted by atomic mass is 10.1. The first kappa shape index (κ1) is 14.4. The van der Waals surface area contributed by atoms with Crippen LogP contribution in [-0.2, 0) is 4.74 Å². The molecular formula is C9H22O3. The smallest absolute Gasteiger partial charge is 0.0805 e. The Morgan fingerprint density at radius 1 is 1.33 bits per heavy atom. The summed E-state index contributed by atoms with van der Waals surface area (Å²) in [4.78, 5) is 0. The molecule has 0 bridgehead atoms. The molecule has 0 aromatic rings. The second-order valence-electron chi connectivity index (χ2n) is 2.49. The summed E-state index contributed by atoms with van der Waals surface area (Å²) in [5.41, 5.74) is 0. The van der Waals surface area contributed by atoms with Crippen molar-refractivity contribution in [3.8, 4) is 0 Å². The van der Waals surface area contributed by atoms with Crippen LogP contribution in [0.25, 0.3) is 0 Å². The van der Waals surface area contributed by atoms with Gasteiger partial charge in [0.25, 0.3) is 0 Å². The van der Waals surface area contributed by atoms with Crippen molar-refractivity contribution in [2.24, 2.45) is 0 Å². The van der Waals surface area contributed by atoms with Gasteiger partial charge in [-0.1, -0.05) is 7.43 Å². The molecule has 1 atom stereocenters. The van der Waals surface area contributed by atoms with Crippen molar-refractivity contribution in [1.82, 2.24) is 0 Å². The minimum Gasteiger partial charge on any atom is -0.397 e. The lowest BCUT2D eigenvalue weighted by molar-refractivity contribution is -0.0172. The standard InChI is InChI=1S/C6H12O2.C2H6O.CH4/c7-5-6-3-1-2-4-8-6;1-2-3;/h6-7H,1-5H2;3H,2H2,1H3;1H4/t6-;;/m0../s1. The maximum absolute atomic E-state index is 8.57. The highest BCUT2D eigenvalue weighted by atomic mass is 16.5. The van der Waals surface area contributed by atoms with Crippen molar-refractivity contribution < 1.29 is 14.9 Å². The van der Waals surface area contributed by atoms with Gasteiger partial charge in [0.2, 0.25) is 0 Å². The fourth-order valence-corrected chi connectivity index (χ4v) is 0.951. The molecule has 0 amide bonds. The first-order valence-electron chi connectivity index (χ1n) is 4.18. The molecule has 1 fully saturated rings. The second-order valence-corrected chi connectivity index (χ2v) is 2.49. The molecule has 0 saturated carbocycles. The maximum atomic E-state index is 8.57. The summed E-state index contributed by atoms with van der Waals surface area (Å²) in [6.07, 6.45) is 3.56. The summed E-state index contributed by atoms with van der Waals surface area (Å²) in [5, 5.41) is 16.1. The molecule has 1 heterocycles. The van der Waals surface area contributed by atoms with Gasteiger partial charge in [-0.2, -0.15) is 0 Å². The van der Waals surface area contributed by atoms with Crippen LogP contribution in [0.4, 0.5) is 0 Å². The normalized spacial score (nSPS) is 21.8. The molecule has 0 aromatic carbocycles. The van der Waals surface area contributed by atoms with Crippen molar-refractivity contribution in [1.29, 1.82) is 0 Å². The van der Waals surface area contributed by atoms with Crippen LogP contribution in [0.15, 0.2) is 0 Å².